The van der Waals surface area contributed by atoms with Gasteiger partial charge in [0.15, 0.2) is 0 Å². The molecule has 0 saturated heterocycles. The molecule has 1 aromatic carbocycles. The van der Waals surface area contributed by atoms with Crippen LogP contribution in [0.2, 0.25) is 0 Å². The fourth-order valence-corrected chi connectivity index (χ4v) is 1.66. The smallest absolute Gasteiger partial charge is 0.346 e. The van der Waals surface area contributed by atoms with E-state index in [0.717, 1.165) is 25.1 Å². The maximum atomic E-state index is 11.8. The number of nitro groups is 2. The van der Waals surface area contributed by atoms with E-state index in [4.69, 9.17) is 0 Å². The molecule has 0 radical (unpaired) electrons. The first-order valence-corrected chi connectivity index (χ1v) is 6.18. The van der Waals surface area contributed by atoms with Crippen LogP contribution in [-0.2, 0) is 0 Å². The lowest BCUT2D eigenvalue weighted by Crippen LogP contribution is -2.27. The number of rotatable bonds is 7. The van der Waals surface area contributed by atoms with Crippen LogP contribution >= 0.6 is 0 Å². The molecule has 0 atom stereocenters. The molecule has 0 spiro atoms. The molecule has 1 amide bonds. The molecule has 114 valence electrons. The summed E-state index contributed by atoms with van der Waals surface area (Å²) >= 11 is 0. The zero-order valence-electron chi connectivity index (χ0n) is 11.7. The number of benzene rings is 1. The minimum absolute atomic E-state index is 0.0251. The van der Waals surface area contributed by atoms with Crippen molar-refractivity contribution in [2.45, 2.75) is 6.42 Å². The number of nitrogens with one attached hydrogen (secondary N) is 1. The van der Waals surface area contributed by atoms with Crippen molar-refractivity contribution in [2.75, 3.05) is 27.2 Å². The summed E-state index contributed by atoms with van der Waals surface area (Å²) in [6, 6.07) is 3.08. The highest BCUT2D eigenvalue weighted by Crippen LogP contribution is 2.27. The van der Waals surface area contributed by atoms with Gasteiger partial charge in [0.2, 0.25) is 0 Å². The molecule has 0 aliphatic rings. The predicted octanol–water partition coefficient (Wildman–Crippen LogP) is 1.18. The third-order valence-corrected chi connectivity index (χ3v) is 2.70. The fourth-order valence-electron chi connectivity index (χ4n) is 1.66. The Kier molecular flexibility index (Phi) is 5.73. The second-order valence-electron chi connectivity index (χ2n) is 4.63. The van der Waals surface area contributed by atoms with Gasteiger partial charge in [-0.1, -0.05) is 0 Å². The molecule has 9 heteroatoms. The van der Waals surface area contributed by atoms with Crippen molar-refractivity contribution in [1.29, 1.82) is 0 Å². The van der Waals surface area contributed by atoms with Crippen LogP contribution in [0.15, 0.2) is 18.2 Å². The highest BCUT2D eigenvalue weighted by molar-refractivity contribution is 5.95. The summed E-state index contributed by atoms with van der Waals surface area (Å²) < 4.78 is 0. The number of carbonyl (C=O) groups excluding carboxylic acids is 1. The van der Waals surface area contributed by atoms with Gasteiger partial charge < -0.3 is 10.2 Å². The molecule has 9 nitrogen and oxygen atoms in total. The molecular formula is C12H16N4O5. The minimum atomic E-state index is -0.874. The number of carbonyl (C=O) groups is 1. The molecule has 1 aromatic rings. The lowest BCUT2D eigenvalue weighted by molar-refractivity contribution is -0.422. The molecule has 0 unspecified atom stereocenters. The van der Waals surface area contributed by atoms with E-state index in [1.165, 1.54) is 6.07 Å². The third kappa shape index (κ3) is 4.80. The number of nitro benzene ring substituents is 2. The van der Waals surface area contributed by atoms with Gasteiger partial charge in [0.25, 0.3) is 5.91 Å². The number of hydrogen-bond donors (Lipinski definition) is 1. The molecule has 0 aromatic heterocycles. The van der Waals surface area contributed by atoms with Gasteiger partial charge in [0.05, 0.1) is 9.85 Å². The van der Waals surface area contributed by atoms with Gasteiger partial charge in [-0.25, -0.2) is 0 Å². The first-order chi connectivity index (χ1) is 9.82. The predicted molar refractivity (Wildman–Crippen MR) is 75.3 cm³/mol. The van der Waals surface area contributed by atoms with Crippen molar-refractivity contribution >= 4 is 17.3 Å². The Morgan fingerprint density at radius 2 is 1.81 bits per heavy atom. The lowest BCUT2D eigenvalue weighted by atomic mass is 10.1. The van der Waals surface area contributed by atoms with Gasteiger partial charge in [0, 0.05) is 24.2 Å². The Bertz CT molecular complexity index is 559. The van der Waals surface area contributed by atoms with E-state index < -0.39 is 27.1 Å². The molecule has 0 heterocycles. The summed E-state index contributed by atoms with van der Waals surface area (Å²) in [5.74, 6) is -0.494. The van der Waals surface area contributed by atoms with Crippen molar-refractivity contribution in [3.8, 4) is 0 Å². The summed E-state index contributed by atoms with van der Waals surface area (Å²) in [5.41, 5.74) is -1.30. The Hall–Kier alpha value is -2.55. The normalized spacial score (nSPS) is 10.4. The summed E-state index contributed by atoms with van der Waals surface area (Å²) in [5, 5.41) is 24.1. The maximum absolute atomic E-state index is 11.8. The van der Waals surface area contributed by atoms with Gasteiger partial charge in [-0.15, -0.1) is 0 Å². The van der Waals surface area contributed by atoms with Crippen LogP contribution in [0.5, 0.6) is 0 Å². The highest BCUT2D eigenvalue weighted by Gasteiger charge is 2.25. The van der Waals surface area contributed by atoms with Crippen molar-refractivity contribution in [3.63, 3.8) is 0 Å². The summed E-state index contributed by atoms with van der Waals surface area (Å²) in [6.07, 6.45) is 0.730. The van der Waals surface area contributed by atoms with Crippen molar-refractivity contribution < 1.29 is 14.6 Å². The molecule has 21 heavy (non-hydrogen) atoms. The monoisotopic (exact) mass is 296 g/mol. The van der Waals surface area contributed by atoms with Gasteiger partial charge in [-0.3, -0.25) is 25.0 Å². The SMILES string of the molecule is CN(C)CCCNC(=O)c1ccc([N+](=O)[O-])c([N+](=O)[O-])c1. The van der Waals surface area contributed by atoms with E-state index in [0.29, 0.717) is 6.54 Å². The summed E-state index contributed by atoms with van der Waals surface area (Å²) in [7, 11) is 3.81. The van der Waals surface area contributed by atoms with E-state index in [1.807, 2.05) is 19.0 Å². The number of hydrogen-bond acceptors (Lipinski definition) is 6. The largest absolute Gasteiger partial charge is 0.352 e. The van der Waals surface area contributed by atoms with Crippen molar-refractivity contribution in [2.24, 2.45) is 0 Å². The lowest BCUT2D eigenvalue weighted by Gasteiger charge is -2.09. The number of nitrogens with zero attached hydrogens (tertiary/aromatic N) is 3. The Morgan fingerprint density at radius 1 is 1.19 bits per heavy atom. The van der Waals surface area contributed by atoms with Gasteiger partial charge in [-0.2, -0.15) is 0 Å². The average molecular weight is 296 g/mol. The molecule has 1 rings (SSSR count). The summed E-state index contributed by atoms with van der Waals surface area (Å²) in [4.78, 5) is 33.5. The van der Waals surface area contributed by atoms with Crippen LogP contribution in [0.4, 0.5) is 11.4 Å². The Morgan fingerprint density at radius 3 is 2.33 bits per heavy atom. The van der Waals surface area contributed by atoms with Crippen LogP contribution < -0.4 is 5.32 Å². The van der Waals surface area contributed by atoms with E-state index in [1.54, 1.807) is 0 Å². The molecule has 0 aliphatic carbocycles. The molecular weight excluding hydrogens is 280 g/mol. The minimum Gasteiger partial charge on any atom is -0.352 e. The Balaban J connectivity index is 2.79. The van der Waals surface area contributed by atoms with Crippen molar-refractivity contribution in [3.05, 3.63) is 44.0 Å². The van der Waals surface area contributed by atoms with E-state index in [9.17, 15) is 25.0 Å². The zero-order valence-corrected chi connectivity index (χ0v) is 11.7. The molecule has 0 fully saturated rings. The number of amides is 1. The van der Waals surface area contributed by atoms with Crippen LogP contribution in [0.25, 0.3) is 0 Å². The standard InChI is InChI=1S/C12H16N4O5/c1-14(2)7-3-6-13-12(17)9-4-5-10(15(18)19)11(8-9)16(20)21/h4-5,8H,3,6-7H2,1-2H3,(H,13,17). The quantitative estimate of drug-likeness (QED) is 0.458. The van der Waals surface area contributed by atoms with Crippen LogP contribution in [0, 0.1) is 20.2 Å². The molecule has 0 bridgehead atoms. The first-order valence-electron chi connectivity index (χ1n) is 6.18. The zero-order chi connectivity index (χ0) is 16.0. The van der Waals surface area contributed by atoms with Crippen LogP contribution in [0.1, 0.15) is 16.8 Å². The van der Waals surface area contributed by atoms with Gasteiger partial charge >= 0.3 is 11.4 Å². The van der Waals surface area contributed by atoms with Crippen LogP contribution in [-0.4, -0.2) is 47.8 Å². The topological polar surface area (TPSA) is 119 Å². The third-order valence-electron chi connectivity index (χ3n) is 2.70. The van der Waals surface area contributed by atoms with Gasteiger partial charge in [0.1, 0.15) is 0 Å². The second-order valence-corrected chi connectivity index (χ2v) is 4.63. The second kappa shape index (κ2) is 7.29. The summed E-state index contributed by atoms with van der Waals surface area (Å²) in [6.45, 7) is 1.21. The maximum Gasteiger partial charge on any atom is 0.346 e. The molecule has 1 N–H and O–H groups in total. The molecule has 0 saturated carbocycles. The first kappa shape index (κ1) is 16.5. The Labute approximate surface area is 120 Å². The van der Waals surface area contributed by atoms with Crippen LogP contribution in [0.3, 0.4) is 0 Å². The fraction of sp³-hybridized carbons (Fsp3) is 0.417. The van der Waals surface area contributed by atoms with Gasteiger partial charge in [-0.05, 0) is 33.1 Å². The average Bonchev–Trinajstić information content (AvgIpc) is 2.42. The van der Waals surface area contributed by atoms with E-state index >= 15 is 0 Å². The van der Waals surface area contributed by atoms with E-state index in [-0.39, 0.29) is 5.56 Å². The highest BCUT2D eigenvalue weighted by atomic mass is 16.6. The molecule has 0 aliphatic heterocycles. The van der Waals surface area contributed by atoms with E-state index in [2.05, 4.69) is 5.32 Å². The van der Waals surface area contributed by atoms with Crippen molar-refractivity contribution in [1.82, 2.24) is 10.2 Å².